The van der Waals surface area contributed by atoms with Gasteiger partial charge in [0, 0.05) is 15.4 Å². The molecule has 20 heavy (non-hydrogen) atoms. The Bertz CT molecular complexity index is 588. The van der Waals surface area contributed by atoms with Crippen molar-refractivity contribution in [3.05, 3.63) is 58.3 Å². The largest absolute Gasteiger partial charge is 0.310 e. The first-order chi connectivity index (χ1) is 9.63. The summed E-state index contributed by atoms with van der Waals surface area (Å²) in [5, 5.41) is 3.34. The average molecular weight is 354 g/mol. The van der Waals surface area contributed by atoms with Crippen LogP contribution < -0.4 is 5.32 Å². The van der Waals surface area contributed by atoms with E-state index >= 15 is 0 Å². The summed E-state index contributed by atoms with van der Waals surface area (Å²) in [6, 6.07) is 13.3. The van der Waals surface area contributed by atoms with Gasteiger partial charge in [-0.15, -0.1) is 0 Å². The van der Waals surface area contributed by atoms with Crippen LogP contribution >= 0.6 is 27.7 Å². The molecule has 0 spiro atoms. The molecule has 0 aliphatic heterocycles. The van der Waals surface area contributed by atoms with E-state index in [4.69, 9.17) is 0 Å². The Morgan fingerprint density at radius 1 is 1.20 bits per heavy atom. The van der Waals surface area contributed by atoms with Crippen molar-refractivity contribution in [3.8, 4) is 0 Å². The molecule has 0 aromatic heterocycles. The van der Waals surface area contributed by atoms with Gasteiger partial charge in [0.1, 0.15) is 5.82 Å². The van der Waals surface area contributed by atoms with Gasteiger partial charge in [-0.1, -0.05) is 43.0 Å². The average Bonchev–Trinajstić information content (AvgIpc) is 2.43. The fourth-order valence-corrected chi connectivity index (χ4v) is 3.62. The maximum absolute atomic E-state index is 14.2. The van der Waals surface area contributed by atoms with Crippen LogP contribution in [-0.4, -0.2) is 6.54 Å². The van der Waals surface area contributed by atoms with Gasteiger partial charge in [-0.05, 0) is 53.2 Å². The lowest BCUT2D eigenvalue weighted by Crippen LogP contribution is -2.18. The molecule has 0 radical (unpaired) electrons. The van der Waals surface area contributed by atoms with Gasteiger partial charge in [0.05, 0.1) is 4.90 Å². The third-order valence-corrected chi connectivity index (χ3v) is 5.19. The van der Waals surface area contributed by atoms with Gasteiger partial charge in [-0.3, -0.25) is 0 Å². The van der Waals surface area contributed by atoms with E-state index in [0.717, 1.165) is 21.5 Å². The van der Waals surface area contributed by atoms with Crippen LogP contribution in [0.2, 0.25) is 0 Å². The van der Waals surface area contributed by atoms with Crippen molar-refractivity contribution in [1.82, 2.24) is 5.32 Å². The minimum atomic E-state index is -0.173. The summed E-state index contributed by atoms with van der Waals surface area (Å²) in [5.74, 6) is -0.173. The molecule has 1 nitrogen and oxygen atoms in total. The van der Waals surface area contributed by atoms with E-state index in [1.165, 1.54) is 17.8 Å². The summed E-state index contributed by atoms with van der Waals surface area (Å²) in [7, 11) is 0. The van der Waals surface area contributed by atoms with E-state index in [1.54, 1.807) is 6.07 Å². The number of halogens is 2. The van der Waals surface area contributed by atoms with Crippen molar-refractivity contribution < 1.29 is 4.39 Å². The summed E-state index contributed by atoms with van der Waals surface area (Å²) < 4.78 is 15.2. The molecule has 1 unspecified atom stereocenters. The molecule has 2 rings (SSSR count). The van der Waals surface area contributed by atoms with Gasteiger partial charge >= 0.3 is 0 Å². The summed E-state index contributed by atoms with van der Waals surface area (Å²) in [6.45, 7) is 4.97. The first-order valence-electron chi connectivity index (χ1n) is 6.57. The van der Waals surface area contributed by atoms with E-state index in [0.29, 0.717) is 4.90 Å². The van der Waals surface area contributed by atoms with Gasteiger partial charge in [0.25, 0.3) is 0 Å². The lowest BCUT2D eigenvalue weighted by Gasteiger charge is -2.17. The topological polar surface area (TPSA) is 12.0 Å². The molecule has 2 aromatic rings. The van der Waals surface area contributed by atoms with Crippen molar-refractivity contribution in [1.29, 1.82) is 0 Å². The molecule has 0 fully saturated rings. The molecule has 4 heteroatoms. The predicted molar refractivity (Wildman–Crippen MR) is 86.8 cm³/mol. The van der Waals surface area contributed by atoms with Crippen LogP contribution in [-0.2, 0) is 0 Å². The van der Waals surface area contributed by atoms with E-state index < -0.39 is 0 Å². The van der Waals surface area contributed by atoms with Crippen LogP contribution in [0, 0.1) is 5.82 Å². The van der Waals surface area contributed by atoms with Crippen molar-refractivity contribution in [2.24, 2.45) is 0 Å². The highest BCUT2D eigenvalue weighted by atomic mass is 79.9. The molecule has 2 aromatic carbocycles. The standard InChI is InChI=1S/C16H17BrFNS/c1-3-19-11(2)12-7-6-9-14(18)16(12)20-15-10-5-4-8-13(15)17/h4-11,19H,3H2,1-2H3. The minimum absolute atomic E-state index is 0.126. The van der Waals surface area contributed by atoms with Crippen LogP contribution in [0.1, 0.15) is 25.5 Å². The Labute approximate surface area is 132 Å². The van der Waals surface area contributed by atoms with Gasteiger partial charge in [-0.25, -0.2) is 4.39 Å². The van der Waals surface area contributed by atoms with Gasteiger partial charge in [0.2, 0.25) is 0 Å². The second-order valence-corrected chi connectivity index (χ2v) is 6.38. The summed E-state index contributed by atoms with van der Waals surface area (Å²) in [6.07, 6.45) is 0. The molecule has 0 saturated carbocycles. The predicted octanol–water partition coefficient (Wildman–Crippen LogP) is 5.41. The van der Waals surface area contributed by atoms with Crippen LogP contribution in [0.15, 0.2) is 56.7 Å². The number of rotatable bonds is 5. The Hall–Kier alpha value is -0.840. The lowest BCUT2D eigenvalue weighted by molar-refractivity contribution is 0.558. The van der Waals surface area contributed by atoms with Crippen LogP contribution in [0.3, 0.4) is 0 Å². The summed E-state index contributed by atoms with van der Waals surface area (Å²) in [4.78, 5) is 1.70. The monoisotopic (exact) mass is 353 g/mol. The van der Waals surface area contributed by atoms with Gasteiger partial charge in [0.15, 0.2) is 0 Å². The highest BCUT2D eigenvalue weighted by molar-refractivity contribution is 9.10. The number of nitrogens with one attached hydrogen (secondary N) is 1. The fraction of sp³-hybridized carbons (Fsp3) is 0.250. The van der Waals surface area contributed by atoms with Gasteiger partial charge < -0.3 is 5.32 Å². The summed E-state index contributed by atoms with van der Waals surface area (Å²) >= 11 is 4.97. The van der Waals surface area contributed by atoms with E-state index in [1.807, 2.05) is 30.3 Å². The molecule has 0 amide bonds. The maximum atomic E-state index is 14.2. The molecule has 1 N–H and O–H groups in total. The SMILES string of the molecule is CCNC(C)c1cccc(F)c1Sc1ccccc1Br. The molecule has 106 valence electrons. The molecule has 0 aliphatic carbocycles. The second kappa shape index (κ2) is 7.25. The van der Waals surface area contributed by atoms with Crippen LogP contribution in [0.5, 0.6) is 0 Å². The number of benzene rings is 2. The van der Waals surface area contributed by atoms with Crippen molar-refractivity contribution in [2.45, 2.75) is 29.7 Å². The fourth-order valence-electron chi connectivity index (χ4n) is 2.03. The first kappa shape index (κ1) is 15.5. The van der Waals surface area contributed by atoms with Crippen LogP contribution in [0.4, 0.5) is 4.39 Å². The van der Waals surface area contributed by atoms with E-state index in [-0.39, 0.29) is 11.9 Å². The Balaban J connectivity index is 2.38. The zero-order valence-electron chi connectivity index (χ0n) is 11.5. The Morgan fingerprint density at radius 3 is 2.65 bits per heavy atom. The molecule has 0 saturated heterocycles. The Morgan fingerprint density at radius 2 is 1.95 bits per heavy atom. The number of hydrogen-bond donors (Lipinski definition) is 1. The minimum Gasteiger partial charge on any atom is -0.310 e. The van der Waals surface area contributed by atoms with Crippen molar-refractivity contribution in [2.75, 3.05) is 6.54 Å². The van der Waals surface area contributed by atoms with Crippen LogP contribution in [0.25, 0.3) is 0 Å². The summed E-state index contributed by atoms with van der Waals surface area (Å²) in [5.41, 5.74) is 0.993. The third-order valence-electron chi connectivity index (χ3n) is 3.02. The second-order valence-electron chi connectivity index (χ2n) is 4.47. The molecule has 1 atom stereocenters. The normalized spacial score (nSPS) is 12.4. The zero-order valence-corrected chi connectivity index (χ0v) is 13.9. The quantitative estimate of drug-likeness (QED) is 0.771. The molecule has 0 aliphatic rings. The highest BCUT2D eigenvalue weighted by Crippen LogP contribution is 2.38. The zero-order chi connectivity index (χ0) is 14.5. The van der Waals surface area contributed by atoms with Crippen molar-refractivity contribution in [3.63, 3.8) is 0 Å². The van der Waals surface area contributed by atoms with Gasteiger partial charge in [-0.2, -0.15) is 0 Å². The highest BCUT2D eigenvalue weighted by Gasteiger charge is 2.15. The van der Waals surface area contributed by atoms with E-state index in [2.05, 4.69) is 35.1 Å². The Kier molecular flexibility index (Phi) is 5.64. The molecule has 0 heterocycles. The third kappa shape index (κ3) is 3.62. The smallest absolute Gasteiger partial charge is 0.137 e. The lowest BCUT2D eigenvalue weighted by atomic mass is 10.1. The van der Waals surface area contributed by atoms with E-state index in [9.17, 15) is 4.39 Å². The number of hydrogen-bond acceptors (Lipinski definition) is 2. The molecular formula is C16H17BrFNS. The first-order valence-corrected chi connectivity index (χ1v) is 8.18. The van der Waals surface area contributed by atoms with Crippen molar-refractivity contribution >= 4 is 27.7 Å². The molecular weight excluding hydrogens is 337 g/mol. The maximum Gasteiger partial charge on any atom is 0.137 e. The molecule has 0 bridgehead atoms.